The number of likely N-dealkylation sites (tertiary alicyclic amines) is 1. The van der Waals surface area contributed by atoms with Crippen LogP contribution in [0.3, 0.4) is 0 Å². The number of rotatable bonds is 2. The SMILES string of the molecule is CC(O)CC1CC(C)CCN1C(=O)OC(C)(C)C. The Morgan fingerprint density at radius 2 is 2.11 bits per heavy atom. The fourth-order valence-electron chi connectivity index (χ4n) is 2.43. The molecule has 18 heavy (non-hydrogen) atoms. The van der Waals surface area contributed by atoms with E-state index < -0.39 is 5.60 Å². The molecular weight excluding hydrogens is 230 g/mol. The summed E-state index contributed by atoms with van der Waals surface area (Å²) < 4.78 is 5.43. The second-order valence-corrected chi connectivity index (χ2v) is 6.54. The Kier molecular flexibility index (Phi) is 5.02. The Morgan fingerprint density at radius 3 is 2.61 bits per heavy atom. The molecule has 0 aromatic rings. The third kappa shape index (κ3) is 4.84. The van der Waals surface area contributed by atoms with Crippen molar-refractivity contribution in [3.8, 4) is 0 Å². The fourth-order valence-corrected chi connectivity index (χ4v) is 2.43. The van der Waals surface area contributed by atoms with Gasteiger partial charge in [0.25, 0.3) is 0 Å². The van der Waals surface area contributed by atoms with Crippen LogP contribution in [0.15, 0.2) is 0 Å². The first kappa shape index (κ1) is 15.3. The van der Waals surface area contributed by atoms with E-state index in [1.54, 1.807) is 11.8 Å². The molecule has 0 saturated carbocycles. The van der Waals surface area contributed by atoms with Gasteiger partial charge in [0.05, 0.1) is 6.10 Å². The molecule has 1 heterocycles. The second kappa shape index (κ2) is 5.91. The van der Waals surface area contributed by atoms with Crippen LogP contribution < -0.4 is 0 Å². The van der Waals surface area contributed by atoms with Gasteiger partial charge in [0.2, 0.25) is 0 Å². The molecule has 1 saturated heterocycles. The molecule has 3 unspecified atom stereocenters. The predicted octanol–water partition coefficient (Wildman–Crippen LogP) is 2.79. The summed E-state index contributed by atoms with van der Waals surface area (Å²) in [6, 6.07) is 0.101. The normalized spacial score (nSPS) is 26.9. The third-order valence-corrected chi connectivity index (χ3v) is 3.22. The van der Waals surface area contributed by atoms with Crippen LogP contribution in [0.1, 0.15) is 53.9 Å². The van der Waals surface area contributed by atoms with Gasteiger partial charge in [-0.15, -0.1) is 0 Å². The molecule has 0 bridgehead atoms. The number of carbonyl (C=O) groups is 1. The largest absolute Gasteiger partial charge is 0.444 e. The van der Waals surface area contributed by atoms with E-state index >= 15 is 0 Å². The zero-order valence-corrected chi connectivity index (χ0v) is 12.3. The van der Waals surface area contributed by atoms with Crippen LogP contribution in [-0.2, 0) is 4.74 Å². The highest BCUT2D eigenvalue weighted by Gasteiger charge is 2.33. The molecule has 0 radical (unpaired) electrons. The minimum Gasteiger partial charge on any atom is -0.444 e. The number of carbonyl (C=O) groups excluding carboxylic acids is 1. The number of piperidine rings is 1. The molecular formula is C14H27NO3. The maximum atomic E-state index is 12.1. The monoisotopic (exact) mass is 257 g/mol. The van der Waals surface area contributed by atoms with Gasteiger partial charge in [-0.05, 0) is 52.9 Å². The molecule has 1 aliphatic rings. The molecule has 106 valence electrons. The van der Waals surface area contributed by atoms with E-state index in [0.29, 0.717) is 12.3 Å². The molecule has 4 nitrogen and oxygen atoms in total. The van der Waals surface area contributed by atoms with Crippen molar-refractivity contribution in [1.29, 1.82) is 0 Å². The van der Waals surface area contributed by atoms with Gasteiger partial charge >= 0.3 is 6.09 Å². The van der Waals surface area contributed by atoms with Crippen LogP contribution in [0.4, 0.5) is 4.79 Å². The summed E-state index contributed by atoms with van der Waals surface area (Å²) in [6.45, 7) is 10.3. The Bertz CT molecular complexity index is 281. The van der Waals surface area contributed by atoms with E-state index in [1.165, 1.54) is 0 Å². The molecule has 1 fully saturated rings. The number of nitrogens with zero attached hydrogens (tertiary/aromatic N) is 1. The van der Waals surface area contributed by atoms with Crippen molar-refractivity contribution in [2.45, 2.75) is 71.6 Å². The summed E-state index contributed by atoms with van der Waals surface area (Å²) in [6.07, 6.45) is 1.95. The zero-order valence-electron chi connectivity index (χ0n) is 12.3. The van der Waals surface area contributed by atoms with Gasteiger partial charge in [0, 0.05) is 12.6 Å². The van der Waals surface area contributed by atoms with Crippen LogP contribution in [0.5, 0.6) is 0 Å². The smallest absolute Gasteiger partial charge is 0.410 e. The predicted molar refractivity (Wildman–Crippen MR) is 71.4 cm³/mol. The Labute approximate surface area is 110 Å². The maximum absolute atomic E-state index is 12.1. The highest BCUT2D eigenvalue weighted by molar-refractivity contribution is 5.68. The summed E-state index contributed by atoms with van der Waals surface area (Å²) in [4.78, 5) is 13.9. The molecule has 4 heteroatoms. The van der Waals surface area contributed by atoms with E-state index in [2.05, 4.69) is 6.92 Å². The molecule has 0 spiro atoms. The van der Waals surface area contributed by atoms with Crippen molar-refractivity contribution < 1.29 is 14.6 Å². The first-order valence-electron chi connectivity index (χ1n) is 6.86. The van der Waals surface area contributed by atoms with Gasteiger partial charge < -0.3 is 14.7 Å². The average molecular weight is 257 g/mol. The molecule has 1 aliphatic heterocycles. The number of aliphatic hydroxyl groups is 1. The standard InChI is InChI=1S/C14H27NO3/c1-10-6-7-15(12(8-10)9-11(2)16)13(17)18-14(3,4)5/h10-12,16H,6-9H2,1-5H3. The summed E-state index contributed by atoms with van der Waals surface area (Å²) in [5.74, 6) is 0.604. The van der Waals surface area contributed by atoms with Gasteiger partial charge in [0.15, 0.2) is 0 Å². The summed E-state index contributed by atoms with van der Waals surface area (Å²) in [7, 11) is 0. The number of aliphatic hydroxyl groups excluding tert-OH is 1. The first-order chi connectivity index (χ1) is 8.19. The van der Waals surface area contributed by atoms with Crippen LogP contribution in [0, 0.1) is 5.92 Å². The Morgan fingerprint density at radius 1 is 1.50 bits per heavy atom. The molecule has 0 aromatic heterocycles. The highest BCUT2D eigenvalue weighted by Crippen LogP contribution is 2.27. The van der Waals surface area contributed by atoms with Crippen molar-refractivity contribution in [3.05, 3.63) is 0 Å². The van der Waals surface area contributed by atoms with E-state index in [0.717, 1.165) is 19.4 Å². The minimum absolute atomic E-state index is 0.101. The number of ether oxygens (including phenoxy) is 1. The van der Waals surface area contributed by atoms with Gasteiger partial charge in [-0.1, -0.05) is 6.92 Å². The minimum atomic E-state index is -0.463. The van der Waals surface area contributed by atoms with Crippen molar-refractivity contribution in [2.24, 2.45) is 5.92 Å². The topological polar surface area (TPSA) is 49.8 Å². The van der Waals surface area contributed by atoms with Crippen LogP contribution in [-0.4, -0.2) is 40.4 Å². The molecule has 1 rings (SSSR count). The van der Waals surface area contributed by atoms with Gasteiger partial charge in [-0.25, -0.2) is 4.79 Å². The lowest BCUT2D eigenvalue weighted by Crippen LogP contribution is -2.48. The number of hydrogen-bond acceptors (Lipinski definition) is 3. The Balaban J connectivity index is 2.67. The van der Waals surface area contributed by atoms with Gasteiger partial charge in [0.1, 0.15) is 5.60 Å². The lowest BCUT2D eigenvalue weighted by Gasteiger charge is -2.39. The lowest BCUT2D eigenvalue weighted by atomic mass is 9.90. The van der Waals surface area contributed by atoms with Crippen molar-refractivity contribution in [2.75, 3.05) is 6.54 Å². The Hall–Kier alpha value is -0.770. The van der Waals surface area contributed by atoms with E-state index in [4.69, 9.17) is 4.74 Å². The van der Waals surface area contributed by atoms with Crippen molar-refractivity contribution >= 4 is 6.09 Å². The second-order valence-electron chi connectivity index (χ2n) is 6.54. The quantitative estimate of drug-likeness (QED) is 0.827. The maximum Gasteiger partial charge on any atom is 0.410 e. The van der Waals surface area contributed by atoms with Crippen molar-refractivity contribution in [1.82, 2.24) is 4.90 Å². The zero-order chi connectivity index (χ0) is 13.9. The average Bonchev–Trinajstić information content (AvgIpc) is 2.13. The molecule has 3 atom stereocenters. The number of hydrogen-bond donors (Lipinski definition) is 1. The number of amides is 1. The summed E-state index contributed by atoms with van der Waals surface area (Å²) in [5, 5.41) is 9.54. The van der Waals surface area contributed by atoms with E-state index in [1.807, 2.05) is 20.8 Å². The van der Waals surface area contributed by atoms with Crippen molar-refractivity contribution in [3.63, 3.8) is 0 Å². The van der Waals surface area contributed by atoms with E-state index in [9.17, 15) is 9.90 Å². The van der Waals surface area contributed by atoms with Crippen LogP contribution in [0.2, 0.25) is 0 Å². The third-order valence-electron chi connectivity index (χ3n) is 3.22. The summed E-state index contributed by atoms with van der Waals surface area (Å²) >= 11 is 0. The van der Waals surface area contributed by atoms with Gasteiger partial charge in [-0.3, -0.25) is 0 Å². The lowest BCUT2D eigenvalue weighted by molar-refractivity contribution is -0.00145. The molecule has 0 aromatic carbocycles. The fraction of sp³-hybridized carbons (Fsp3) is 0.929. The molecule has 1 amide bonds. The van der Waals surface area contributed by atoms with Crippen LogP contribution in [0.25, 0.3) is 0 Å². The van der Waals surface area contributed by atoms with Crippen LogP contribution >= 0.6 is 0 Å². The first-order valence-corrected chi connectivity index (χ1v) is 6.86. The highest BCUT2D eigenvalue weighted by atomic mass is 16.6. The summed E-state index contributed by atoms with van der Waals surface area (Å²) in [5.41, 5.74) is -0.463. The molecule has 1 N–H and O–H groups in total. The molecule has 0 aliphatic carbocycles. The van der Waals surface area contributed by atoms with Gasteiger partial charge in [-0.2, -0.15) is 0 Å². The van der Waals surface area contributed by atoms with E-state index in [-0.39, 0.29) is 18.2 Å².